The molecule has 0 bridgehead atoms. The van der Waals surface area contributed by atoms with E-state index in [1.165, 1.54) is 11.8 Å². The maximum absolute atomic E-state index is 12.1. The van der Waals surface area contributed by atoms with Gasteiger partial charge in [-0.05, 0) is 30.7 Å². The summed E-state index contributed by atoms with van der Waals surface area (Å²) in [6, 6.07) is 14.9. The molecule has 1 aromatic heterocycles. The molecule has 3 rings (SSSR count). The molecule has 0 spiro atoms. The number of hydrogen-bond donors (Lipinski definition) is 2. The van der Waals surface area contributed by atoms with Crippen LogP contribution in [-0.4, -0.2) is 26.8 Å². The van der Waals surface area contributed by atoms with E-state index in [4.69, 9.17) is 23.2 Å². The molecular weight excluding hydrogens is 391 g/mol. The molecule has 26 heavy (non-hydrogen) atoms. The molecule has 5 nitrogen and oxygen atoms in total. The first-order chi connectivity index (χ1) is 12.5. The summed E-state index contributed by atoms with van der Waals surface area (Å²) in [5.74, 6) is 0.678. The molecule has 8 heteroatoms. The SMILES string of the molecule is C[C@H](NC(=O)CSc1n[nH]c(-c2ccc(Cl)cc2Cl)n1)c1ccccc1. The fourth-order valence-corrected chi connectivity index (χ4v) is 3.46. The Hall–Kier alpha value is -2.02. The van der Waals surface area contributed by atoms with E-state index in [1.807, 2.05) is 37.3 Å². The molecule has 0 aliphatic carbocycles. The van der Waals surface area contributed by atoms with Gasteiger partial charge in [-0.15, -0.1) is 5.10 Å². The maximum Gasteiger partial charge on any atom is 0.230 e. The summed E-state index contributed by atoms with van der Waals surface area (Å²) < 4.78 is 0. The third kappa shape index (κ3) is 4.78. The second-order valence-corrected chi connectivity index (χ2v) is 7.37. The monoisotopic (exact) mass is 406 g/mol. The highest BCUT2D eigenvalue weighted by molar-refractivity contribution is 7.99. The highest BCUT2D eigenvalue weighted by Gasteiger charge is 2.13. The lowest BCUT2D eigenvalue weighted by Crippen LogP contribution is -2.28. The average molecular weight is 407 g/mol. The van der Waals surface area contributed by atoms with Crippen LogP contribution in [0.1, 0.15) is 18.5 Å². The summed E-state index contributed by atoms with van der Waals surface area (Å²) in [5, 5.41) is 11.4. The van der Waals surface area contributed by atoms with Crippen molar-refractivity contribution in [2.75, 3.05) is 5.75 Å². The number of nitrogens with one attached hydrogen (secondary N) is 2. The first kappa shape index (κ1) is 18.8. The van der Waals surface area contributed by atoms with Gasteiger partial charge in [0.2, 0.25) is 11.1 Å². The highest BCUT2D eigenvalue weighted by Crippen LogP contribution is 2.29. The molecule has 0 aliphatic heterocycles. The first-order valence-electron chi connectivity index (χ1n) is 7.88. The van der Waals surface area contributed by atoms with Crippen molar-refractivity contribution >= 4 is 40.9 Å². The predicted molar refractivity (Wildman–Crippen MR) is 106 cm³/mol. The number of aromatic amines is 1. The Bertz CT molecular complexity index is 901. The number of carbonyl (C=O) groups excluding carboxylic acids is 1. The number of carbonyl (C=O) groups is 1. The fourth-order valence-electron chi connectivity index (χ4n) is 2.35. The number of benzene rings is 2. The van der Waals surface area contributed by atoms with Gasteiger partial charge < -0.3 is 5.32 Å². The van der Waals surface area contributed by atoms with Crippen LogP contribution in [0, 0.1) is 0 Å². The number of hydrogen-bond acceptors (Lipinski definition) is 4. The first-order valence-corrected chi connectivity index (χ1v) is 9.62. The van der Waals surface area contributed by atoms with Crippen LogP contribution in [0.5, 0.6) is 0 Å². The standard InChI is InChI=1S/C18H16Cl2N4OS/c1-11(12-5-3-2-4-6-12)21-16(25)10-26-18-22-17(23-24-18)14-8-7-13(19)9-15(14)20/h2-9,11H,10H2,1H3,(H,21,25)(H,22,23,24)/t11-/m0/s1. The zero-order valence-corrected chi connectivity index (χ0v) is 16.2. The van der Waals surface area contributed by atoms with Gasteiger partial charge in [0.25, 0.3) is 0 Å². The highest BCUT2D eigenvalue weighted by atomic mass is 35.5. The minimum Gasteiger partial charge on any atom is -0.349 e. The number of H-pyrrole nitrogens is 1. The topological polar surface area (TPSA) is 70.7 Å². The van der Waals surface area contributed by atoms with E-state index in [0.29, 0.717) is 26.6 Å². The van der Waals surface area contributed by atoms with Gasteiger partial charge in [0.1, 0.15) is 0 Å². The minimum atomic E-state index is -0.0813. The molecule has 3 aromatic rings. The molecule has 1 heterocycles. The van der Waals surface area contributed by atoms with Crippen molar-refractivity contribution in [3.8, 4) is 11.4 Å². The molecule has 2 aromatic carbocycles. The number of rotatable bonds is 6. The molecule has 134 valence electrons. The van der Waals surface area contributed by atoms with Gasteiger partial charge in [0, 0.05) is 10.6 Å². The Kier molecular flexibility index (Phi) is 6.19. The Morgan fingerprint density at radius 2 is 2.00 bits per heavy atom. The van der Waals surface area contributed by atoms with Gasteiger partial charge >= 0.3 is 0 Å². The number of aromatic nitrogens is 3. The van der Waals surface area contributed by atoms with E-state index >= 15 is 0 Å². The van der Waals surface area contributed by atoms with Gasteiger partial charge in [-0.3, -0.25) is 9.89 Å². The summed E-state index contributed by atoms with van der Waals surface area (Å²) in [6.45, 7) is 1.95. The summed E-state index contributed by atoms with van der Waals surface area (Å²) in [4.78, 5) is 16.5. The van der Waals surface area contributed by atoms with Crippen molar-refractivity contribution in [3.63, 3.8) is 0 Å². The van der Waals surface area contributed by atoms with Crippen LogP contribution in [-0.2, 0) is 4.79 Å². The van der Waals surface area contributed by atoms with Crippen molar-refractivity contribution < 1.29 is 4.79 Å². The maximum atomic E-state index is 12.1. The van der Waals surface area contributed by atoms with Crippen molar-refractivity contribution in [3.05, 3.63) is 64.1 Å². The third-order valence-corrected chi connectivity index (χ3v) is 5.06. The van der Waals surface area contributed by atoms with Crippen molar-refractivity contribution in [2.45, 2.75) is 18.1 Å². The summed E-state index contributed by atoms with van der Waals surface area (Å²) in [7, 11) is 0. The van der Waals surface area contributed by atoms with E-state index in [9.17, 15) is 4.79 Å². The second kappa shape index (κ2) is 8.58. The molecular formula is C18H16Cl2N4OS. The van der Waals surface area contributed by atoms with Gasteiger partial charge in [-0.25, -0.2) is 4.98 Å². The van der Waals surface area contributed by atoms with E-state index in [-0.39, 0.29) is 17.7 Å². The summed E-state index contributed by atoms with van der Waals surface area (Å²) >= 11 is 13.3. The lowest BCUT2D eigenvalue weighted by Gasteiger charge is -2.13. The minimum absolute atomic E-state index is 0.0557. The number of nitrogens with zero attached hydrogens (tertiary/aromatic N) is 2. The molecule has 1 atom stereocenters. The quantitative estimate of drug-likeness (QED) is 0.579. The zero-order valence-electron chi connectivity index (χ0n) is 13.9. The molecule has 0 radical (unpaired) electrons. The van der Waals surface area contributed by atoms with Crippen LogP contribution >= 0.6 is 35.0 Å². The van der Waals surface area contributed by atoms with Gasteiger partial charge in [0.05, 0.1) is 16.8 Å². The molecule has 0 saturated heterocycles. The normalized spacial score (nSPS) is 12.0. The van der Waals surface area contributed by atoms with E-state index < -0.39 is 0 Å². The Morgan fingerprint density at radius 3 is 2.73 bits per heavy atom. The van der Waals surface area contributed by atoms with Gasteiger partial charge in [-0.2, -0.15) is 0 Å². The lowest BCUT2D eigenvalue weighted by atomic mass is 10.1. The van der Waals surface area contributed by atoms with Gasteiger partial charge in [0.15, 0.2) is 5.82 Å². The fraction of sp³-hybridized carbons (Fsp3) is 0.167. The number of thioether (sulfide) groups is 1. The van der Waals surface area contributed by atoms with Crippen LogP contribution in [0.3, 0.4) is 0 Å². The van der Waals surface area contributed by atoms with Crippen molar-refractivity contribution in [2.24, 2.45) is 0 Å². The van der Waals surface area contributed by atoms with E-state index in [0.717, 1.165) is 5.56 Å². The Balaban J connectivity index is 1.57. The second-order valence-electron chi connectivity index (χ2n) is 5.58. The predicted octanol–water partition coefficient (Wildman–Crippen LogP) is 4.75. The number of halogens is 2. The lowest BCUT2D eigenvalue weighted by molar-refractivity contribution is -0.119. The summed E-state index contributed by atoms with van der Waals surface area (Å²) in [6.07, 6.45) is 0. The van der Waals surface area contributed by atoms with Crippen molar-refractivity contribution in [1.82, 2.24) is 20.5 Å². The van der Waals surface area contributed by atoms with Crippen LogP contribution in [0.15, 0.2) is 53.7 Å². The molecule has 0 fully saturated rings. The van der Waals surface area contributed by atoms with Crippen molar-refractivity contribution in [1.29, 1.82) is 0 Å². The molecule has 2 N–H and O–H groups in total. The third-order valence-electron chi connectivity index (χ3n) is 3.66. The molecule has 0 aliphatic rings. The molecule has 1 amide bonds. The zero-order chi connectivity index (χ0) is 18.5. The largest absolute Gasteiger partial charge is 0.349 e. The average Bonchev–Trinajstić information content (AvgIpc) is 3.09. The molecule has 0 unspecified atom stereocenters. The Labute approximate surface area is 165 Å². The summed E-state index contributed by atoms with van der Waals surface area (Å²) in [5.41, 5.74) is 1.76. The number of amides is 1. The smallest absolute Gasteiger partial charge is 0.230 e. The van der Waals surface area contributed by atoms with Crippen LogP contribution in [0.25, 0.3) is 11.4 Å². The van der Waals surface area contributed by atoms with E-state index in [1.54, 1.807) is 18.2 Å². The van der Waals surface area contributed by atoms with E-state index in [2.05, 4.69) is 20.5 Å². The van der Waals surface area contributed by atoms with Gasteiger partial charge in [-0.1, -0.05) is 65.3 Å². The Morgan fingerprint density at radius 1 is 1.23 bits per heavy atom. The van der Waals surface area contributed by atoms with Crippen LogP contribution in [0.4, 0.5) is 0 Å². The molecule has 0 saturated carbocycles. The van der Waals surface area contributed by atoms with Crippen LogP contribution in [0.2, 0.25) is 10.0 Å². The van der Waals surface area contributed by atoms with Crippen LogP contribution < -0.4 is 5.32 Å².